The van der Waals surface area contributed by atoms with Gasteiger partial charge in [-0.15, -0.1) is 0 Å². The molecule has 1 aliphatic rings. The fraction of sp³-hybridized carbons (Fsp3) is 0.700. The molecule has 0 unspecified atom stereocenters. The van der Waals surface area contributed by atoms with Gasteiger partial charge in [0.1, 0.15) is 5.76 Å². The normalized spacial score (nSPS) is 16.3. The summed E-state index contributed by atoms with van der Waals surface area (Å²) in [6.07, 6.45) is 3.88. The molecule has 0 radical (unpaired) electrons. The zero-order valence-corrected chi connectivity index (χ0v) is 10.6. The molecule has 0 spiro atoms. The highest BCUT2D eigenvalue weighted by atomic mass is 32.2. The third-order valence-electron chi connectivity index (χ3n) is 2.49. The lowest BCUT2D eigenvalue weighted by Gasteiger charge is -2.05. The van der Waals surface area contributed by atoms with E-state index in [4.69, 9.17) is 4.42 Å². The molecule has 6 nitrogen and oxygen atoms in total. The molecule has 2 N–H and O–H groups in total. The molecule has 0 bridgehead atoms. The van der Waals surface area contributed by atoms with Gasteiger partial charge in [0.25, 0.3) is 0 Å². The standard InChI is InChI=1S/C10H17N3O3S/c1-8-6-12-10(16-8)7-13-17(14,15)5-4-11-9-2-3-9/h6,9,11,13H,2-5,7H2,1H3. The molecule has 1 aliphatic carbocycles. The first-order chi connectivity index (χ1) is 8.05. The minimum atomic E-state index is -3.25. The highest BCUT2D eigenvalue weighted by molar-refractivity contribution is 7.89. The summed E-state index contributed by atoms with van der Waals surface area (Å²) in [6.45, 7) is 2.37. The summed E-state index contributed by atoms with van der Waals surface area (Å²) in [5, 5.41) is 3.16. The number of oxazole rings is 1. The summed E-state index contributed by atoms with van der Waals surface area (Å²) >= 11 is 0. The van der Waals surface area contributed by atoms with Crippen molar-refractivity contribution in [1.82, 2.24) is 15.0 Å². The number of rotatable bonds is 7. The van der Waals surface area contributed by atoms with Crippen LogP contribution < -0.4 is 10.0 Å². The molecule has 2 rings (SSSR count). The van der Waals surface area contributed by atoms with Crippen molar-refractivity contribution < 1.29 is 12.8 Å². The lowest BCUT2D eigenvalue weighted by atomic mass is 10.6. The van der Waals surface area contributed by atoms with E-state index in [9.17, 15) is 8.42 Å². The van der Waals surface area contributed by atoms with Crippen molar-refractivity contribution in [3.63, 3.8) is 0 Å². The van der Waals surface area contributed by atoms with E-state index in [0.29, 0.717) is 24.2 Å². The van der Waals surface area contributed by atoms with Gasteiger partial charge in [0.2, 0.25) is 15.9 Å². The number of nitrogens with one attached hydrogen (secondary N) is 2. The van der Waals surface area contributed by atoms with Gasteiger partial charge in [-0.25, -0.2) is 18.1 Å². The van der Waals surface area contributed by atoms with Crippen molar-refractivity contribution in [2.45, 2.75) is 32.4 Å². The predicted octanol–water partition coefficient (Wildman–Crippen LogP) is 0.154. The zero-order valence-electron chi connectivity index (χ0n) is 9.77. The summed E-state index contributed by atoms with van der Waals surface area (Å²) in [5.74, 6) is 1.15. The number of hydrogen-bond acceptors (Lipinski definition) is 5. The molecule has 0 aliphatic heterocycles. The summed E-state index contributed by atoms with van der Waals surface area (Å²) in [4.78, 5) is 3.93. The van der Waals surface area contributed by atoms with Gasteiger partial charge < -0.3 is 9.73 Å². The maximum Gasteiger partial charge on any atom is 0.213 e. The minimum Gasteiger partial charge on any atom is -0.445 e. The molecule has 1 fully saturated rings. The molecule has 1 heterocycles. The Morgan fingerprint density at radius 3 is 2.88 bits per heavy atom. The van der Waals surface area contributed by atoms with Crippen LogP contribution in [0.5, 0.6) is 0 Å². The second-order valence-electron chi connectivity index (χ2n) is 4.23. The summed E-state index contributed by atoms with van der Waals surface area (Å²) in [6, 6.07) is 0.527. The number of nitrogens with zero attached hydrogens (tertiary/aromatic N) is 1. The van der Waals surface area contributed by atoms with Gasteiger partial charge >= 0.3 is 0 Å². The molecule has 96 valence electrons. The lowest BCUT2D eigenvalue weighted by molar-refractivity contribution is 0.463. The highest BCUT2D eigenvalue weighted by Crippen LogP contribution is 2.17. The van der Waals surface area contributed by atoms with Crippen LogP contribution in [0.3, 0.4) is 0 Å². The second-order valence-corrected chi connectivity index (χ2v) is 6.16. The van der Waals surface area contributed by atoms with Crippen molar-refractivity contribution in [2.24, 2.45) is 0 Å². The summed E-state index contributed by atoms with van der Waals surface area (Å²) in [5.41, 5.74) is 0. The molecule has 0 saturated heterocycles. The first-order valence-corrected chi connectivity index (χ1v) is 7.32. The van der Waals surface area contributed by atoms with Gasteiger partial charge in [0.15, 0.2) is 0 Å². The third-order valence-corrected chi connectivity index (χ3v) is 3.82. The Hall–Kier alpha value is -0.920. The first kappa shape index (κ1) is 12.5. The summed E-state index contributed by atoms with van der Waals surface area (Å²) < 4.78 is 30.8. The summed E-state index contributed by atoms with van der Waals surface area (Å²) in [7, 11) is -3.25. The Bertz CT molecular complexity index is 465. The zero-order chi connectivity index (χ0) is 12.3. The number of hydrogen-bond donors (Lipinski definition) is 2. The molecule has 7 heteroatoms. The van der Waals surface area contributed by atoms with Crippen molar-refractivity contribution in [3.05, 3.63) is 17.8 Å². The van der Waals surface area contributed by atoms with E-state index in [1.807, 2.05) is 0 Å². The molecule has 17 heavy (non-hydrogen) atoms. The van der Waals surface area contributed by atoms with Crippen LogP contribution in [0, 0.1) is 6.92 Å². The van der Waals surface area contributed by atoms with Crippen LogP contribution in [0.2, 0.25) is 0 Å². The van der Waals surface area contributed by atoms with Crippen LogP contribution in [0.15, 0.2) is 10.6 Å². The largest absolute Gasteiger partial charge is 0.445 e. The molecule has 0 amide bonds. The van der Waals surface area contributed by atoms with Gasteiger partial charge in [0.05, 0.1) is 18.5 Å². The van der Waals surface area contributed by atoms with E-state index in [0.717, 1.165) is 12.8 Å². The SMILES string of the molecule is Cc1cnc(CNS(=O)(=O)CCNC2CC2)o1. The molecule has 1 aromatic rings. The van der Waals surface area contributed by atoms with Crippen LogP contribution in [0.1, 0.15) is 24.5 Å². The predicted molar refractivity (Wildman–Crippen MR) is 62.9 cm³/mol. The Morgan fingerprint density at radius 2 is 2.29 bits per heavy atom. The van der Waals surface area contributed by atoms with Gasteiger partial charge in [-0.2, -0.15) is 0 Å². The van der Waals surface area contributed by atoms with E-state index in [-0.39, 0.29) is 12.3 Å². The fourth-order valence-corrected chi connectivity index (χ4v) is 2.29. The number of sulfonamides is 1. The number of aryl methyl sites for hydroxylation is 1. The molecule has 1 saturated carbocycles. The fourth-order valence-electron chi connectivity index (χ4n) is 1.41. The van der Waals surface area contributed by atoms with Gasteiger partial charge in [-0.1, -0.05) is 0 Å². The second kappa shape index (κ2) is 5.16. The maximum absolute atomic E-state index is 11.6. The van der Waals surface area contributed by atoms with Gasteiger partial charge in [-0.3, -0.25) is 0 Å². The molecule has 1 aromatic heterocycles. The molecule has 0 atom stereocenters. The molecular formula is C10H17N3O3S. The van der Waals surface area contributed by atoms with Crippen molar-refractivity contribution in [1.29, 1.82) is 0 Å². The third kappa shape index (κ3) is 4.45. The minimum absolute atomic E-state index is 0.0865. The van der Waals surface area contributed by atoms with Crippen LogP contribution in [-0.4, -0.2) is 31.7 Å². The Labute approximate surface area is 101 Å². The Balaban J connectivity index is 1.72. The monoisotopic (exact) mass is 259 g/mol. The Kier molecular flexibility index (Phi) is 3.80. The van der Waals surface area contributed by atoms with Crippen molar-refractivity contribution >= 4 is 10.0 Å². The van der Waals surface area contributed by atoms with Gasteiger partial charge in [0, 0.05) is 12.6 Å². The van der Waals surface area contributed by atoms with E-state index < -0.39 is 10.0 Å². The van der Waals surface area contributed by atoms with Gasteiger partial charge in [-0.05, 0) is 19.8 Å². The van der Waals surface area contributed by atoms with Crippen LogP contribution in [0.4, 0.5) is 0 Å². The molecular weight excluding hydrogens is 242 g/mol. The highest BCUT2D eigenvalue weighted by Gasteiger charge is 2.21. The molecule has 0 aromatic carbocycles. The lowest BCUT2D eigenvalue weighted by Crippen LogP contribution is -2.32. The average Bonchev–Trinajstić information content (AvgIpc) is 2.98. The van der Waals surface area contributed by atoms with E-state index >= 15 is 0 Å². The maximum atomic E-state index is 11.6. The quantitative estimate of drug-likeness (QED) is 0.728. The topological polar surface area (TPSA) is 84.2 Å². The van der Waals surface area contributed by atoms with Crippen molar-refractivity contribution in [2.75, 3.05) is 12.3 Å². The van der Waals surface area contributed by atoms with E-state index in [1.54, 1.807) is 13.1 Å². The van der Waals surface area contributed by atoms with Crippen LogP contribution in [-0.2, 0) is 16.6 Å². The van der Waals surface area contributed by atoms with Crippen molar-refractivity contribution in [3.8, 4) is 0 Å². The average molecular weight is 259 g/mol. The van der Waals surface area contributed by atoms with E-state index in [1.165, 1.54) is 0 Å². The van der Waals surface area contributed by atoms with Crippen LogP contribution >= 0.6 is 0 Å². The first-order valence-electron chi connectivity index (χ1n) is 5.67. The number of aromatic nitrogens is 1. The smallest absolute Gasteiger partial charge is 0.213 e. The van der Waals surface area contributed by atoms with Crippen LogP contribution in [0.25, 0.3) is 0 Å². The van der Waals surface area contributed by atoms with E-state index in [2.05, 4.69) is 15.0 Å². The Morgan fingerprint density at radius 1 is 1.53 bits per heavy atom.